The van der Waals surface area contributed by atoms with Crippen molar-refractivity contribution in [3.05, 3.63) is 84.9 Å². The largest absolute Gasteiger partial charge is 0.0616 e. The van der Waals surface area contributed by atoms with Gasteiger partial charge in [0.15, 0.2) is 0 Å². The van der Waals surface area contributed by atoms with Crippen LogP contribution in [0.25, 0.3) is 43.4 Å². The predicted molar refractivity (Wildman–Crippen MR) is 94.4 cm³/mol. The van der Waals surface area contributed by atoms with Crippen molar-refractivity contribution in [3.63, 3.8) is 0 Å². The number of hydrogen-bond acceptors (Lipinski definition) is 0. The molecule has 0 saturated heterocycles. The summed E-state index contributed by atoms with van der Waals surface area (Å²) >= 11 is 0. The normalized spacial score (nSPS) is 11.6. The zero-order valence-electron chi connectivity index (χ0n) is 12.0. The molecule has 0 atom stereocenters. The SMILES string of the molecule is [c]1ccccc1-c1ccc2ccc3cccc4ccc1c2c34. The second-order valence-electron chi connectivity index (χ2n) is 5.75. The minimum Gasteiger partial charge on any atom is -0.0616 e. The molecule has 0 unspecified atom stereocenters. The van der Waals surface area contributed by atoms with E-state index < -0.39 is 0 Å². The summed E-state index contributed by atoms with van der Waals surface area (Å²) < 4.78 is 0. The van der Waals surface area contributed by atoms with Crippen LogP contribution in [0.5, 0.6) is 0 Å². The average Bonchev–Trinajstić information content (AvgIpc) is 2.60. The van der Waals surface area contributed by atoms with Crippen LogP contribution in [0.4, 0.5) is 0 Å². The summed E-state index contributed by atoms with van der Waals surface area (Å²) in [4.78, 5) is 0. The van der Waals surface area contributed by atoms with Crippen LogP contribution in [0.2, 0.25) is 0 Å². The minimum atomic E-state index is 1.15. The van der Waals surface area contributed by atoms with Gasteiger partial charge in [0.1, 0.15) is 0 Å². The summed E-state index contributed by atoms with van der Waals surface area (Å²) in [7, 11) is 0. The van der Waals surface area contributed by atoms with E-state index in [1.165, 1.54) is 37.9 Å². The lowest BCUT2D eigenvalue weighted by molar-refractivity contribution is 1.65. The number of benzene rings is 5. The fourth-order valence-electron chi connectivity index (χ4n) is 3.53. The monoisotopic (exact) mass is 277 g/mol. The van der Waals surface area contributed by atoms with E-state index in [-0.39, 0.29) is 0 Å². The number of rotatable bonds is 1. The second-order valence-corrected chi connectivity index (χ2v) is 5.75. The third-order valence-electron chi connectivity index (χ3n) is 4.53. The standard InChI is InChI=1S/C22H13/c1-2-5-15(6-3-1)19-13-11-18-10-9-16-7-4-8-17-12-14-20(19)22(18)21(16)17/h1-5,7-14H. The zero-order valence-corrected chi connectivity index (χ0v) is 12.0. The Morgan fingerprint density at radius 1 is 0.545 bits per heavy atom. The van der Waals surface area contributed by atoms with Crippen LogP contribution in [0.1, 0.15) is 0 Å². The third-order valence-corrected chi connectivity index (χ3v) is 4.53. The lowest BCUT2D eigenvalue weighted by Crippen LogP contribution is -1.86. The van der Waals surface area contributed by atoms with Crippen molar-refractivity contribution in [2.75, 3.05) is 0 Å². The molecule has 0 spiro atoms. The molecule has 0 aliphatic rings. The summed E-state index contributed by atoms with van der Waals surface area (Å²) in [6.45, 7) is 0. The Hall–Kier alpha value is -2.86. The molecule has 0 amide bonds. The number of hydrogen-bond donors (Lipinski definition) is 0. The van der Waals surface area contributed by atoms with E-state index in [2.05, 4.69) is 72.8 Å². The highest BCUT2D eigenvalue weighted by molar-refractivity contribution is 6.25. The Kier molecular flexibility index (Phi) is 2.31. The summed E-state index contributed by atoms with van der Waals surface area (Å²) in [5.74, 6) is 0. The van der Waals surface area contributed by atoms with Gasteiger partial charge in [-0.2, -0.15) is 0 Å². The molecule has 0 heteroatoms. The first-order chi connectivity index (χ1) is 10.9. The molecule has 0 aliphatic carbocycles. The van der Waals surface area contributed by atoms with Crippen LogP contribution in [0.15, 0.2) is 78.9 Å². The van der Waals surface area contributed by atoms with Crippen LogP contribution in [0.3, 0.4) is 0 Å². The van der Waals surface area contributed by atoms with E-state index in [0.717, 1.165) is 5.56 Å². The average molecular weight is 277 g/mol. The topological polar surface area (TPSA) is 0 Å². The van der Waals surface area contributed by atoms with E-state index in [9.17, 15) is 0 Å². The Balaban J connectivity index is 2.02. The molecular formula is C22H13. The van der Waals surface area contributed by atoms with Crippen LogP contribution < -0.4 is 0 Å². The van der Waals surface area contributed by atoms with Gasteiger partial charge in [0.05, 0.1) is 0 Å². The maximum atomic E-state index is 3.36. The first-order valence-corrected chi connectivity index (χ1v) is 7.55. The molecule has 5 aromatic carbocycles. The molecular weight excluding hydrogens is 264 g/mol. The molecule has 0 aromatic heterocycles. The molecule has 101 valence electrons. The summed E-state index contributed by atoms with van der Waals surface area (Å²) in [6, 6.07) is 31.5. The van der Waals surface area contributed by atoms with Crippen molar-refractivity contribution < 1.29 is 0 Å². The lowest BCUT2D eigenvalue weighted by Gasteiger charge is -2.13. The van der Waals surface area contributed by atoms with Gasteiger partial charge in [-0.15, -0.1) is 0 Å². The molecule has 0 N–H and O–H groups in total. The molecule has 5 rings (SSSR count). The van der Waals surface area contributed by atoms with E-state index in [0.29, 0.717) is 0 Å². The first-order valence-electron chi connectivity index (χ1n) is 7.55. The van der Waals surface area contributed by atoms with Gasteiger partial charge in [0.2, 0.25) is 0 Å². The summed E-state index contributed by atoms with van der Waals surface area (Å²) in [6.07, 6.45) is 0. The van der Waals surface area contributed by atoms with Crippen LogP contribution in [-0.2, 0) is 0 Å². The highest BCUT2D eigenvalue weighted by Crippen LogP contribution is 2.38. The Morgan fingerprint density at radius 2 is 1.27 bits per heavy atom. The predicted octanol–water partition coefficient (Wildman–Crippen LogP) is 6.05. The summed E-state index contributed by atoms with van der Waals surface area (Å²) in [5.41, 5.74) is 2.41. The van der Waals surface area contributed by atoms with E-state index in [1.807, 2.05) is 12.1 Å². The second kappa shape index (κ2) is 4.32. The zero-order chi connectivity index (χ0) is 14.5. The highest BCUT2D eigenvalue weighted by atomic mass is 14.1. The van der Waals surface area contributed by atoms with Gasteiger partial charge in [-0.3, -0.25) is 0 Å². The smallest absolute Gasteiger partial charge is 0.00206 e. The maximum Gasteiger partial charge on any atom is -0.00206 e. The molecule has 1 radical (unpaired) electrons. The van der Waals surface area contributed by atoms with Crippen molar-refractivity contribution in [2.24, 2.45) is 0 Å². The van der Waals surface area contributed by atoms with Crippen LogP contribution >= 0.6 is 0 Å². The van der Waals surface area contributed by atoms with Crippen molar-refractivity contribution in [2.45, 2.75) is 0 Å². The molecule has 0 nitrogen and oxygen atoms in total. The van der Waals surface area contributed by atoms with Crippen LogP contribution in [-0.4, -0.2) is 0 Å². The molecule has 0 heterocycles. The molecule has 0 fully saturated rings. The fourth-order valence-corrected chi connectivity index (χ4v) is 3.53. The molecule has 0 aliphatic heterocycles. The lowest BCUT2D eigenvalue weighted by atomic mass is 9.90. The Labute approximate surface area is 129 Å². The Bertz CT molecular complexity index is 1090. The van der Waals surface area contributed by atoms with E-state index in [1.54, 1.807) is 0 Å². The van der Waals surface area contributed by atoms with Crippen LogP contribution in [0, 0.1) is 6.07 Å². The quantitative estimate of drug-likeness (QED) is 0.327. The highest BCUT2D eigenvalue weighted by Gasteiger charge is 2.11. The molecule has 22 heavy (non-hydrogen) atoms. The van der Waals surface area contributed by atoms with E-state index >= 15 is 0 Å². The van der Waals surface area contributed by atoms with E-state index in [4.69, 9.17) is 0 Å². The van der Waals surface area contributed by atoms with Crippen molar-refractivity contribution in [1.29, 1.82) is 0 Å². The van der Waals surface area contributed by atoms with Crippen molar-refractivity contribution in [1.82, 2.24) is 0 Å². The van der Waals surface area contributed by atoms with Gasteiger partial charge in [-0.1, -0.05) is 78.9 Å². The minimum absolute atomic E-state index is 1.15. The fraction of sp³-hybridized carbons (Fsp3) is 0. The summed E-state index contributed by atoms with van der Waals surface area (Å²) in [5, 5.41) is 7.97. The maximum absolute atomic E-state index is 3.36. The van der Waals surface area contributed by atoms with Gasteiger partial charge in [-0.25, -0.2) is 0 Å². The van der Waals surface area contributed by atoms with Crippen molar-refractivity contribution >= 4 is 32.3 Å². The molecule has 5 aromatic rings. The third kappa shape index (κ3) is 1.52. The Morgan fingerprint density at radius 3 is 2.05 bits per heavy atom. The molecule has 0 bridgehead atoms. The van der Waals surface area contributed by atoms with Gasteiger partial charge in [0.25, 0.3) is 0 Å². The van der Waals surface area contributed by atoms with Gasteiger partial charge >= 0.3 is 0 Å². The molecule has 0 saturated carbocycles. The van der Waals surface area contributed by atoms with Gasteiger partial charge < -0.3 is 0 Å². The van der Waals surface area contributed by atoms with Gasteiger partial charge in [0, 0.05) is 0 Å². The van der Waals surface area contributed by atoms with Crippen molar-refractivity contribution in [3.8, 4) is 11.1 Å². The van der Waals surface area contributed by atoms with Gasteiger partial charge in [-0.05, 0) is 49.5 Å². The first kappa shape index (κ1) is 11.8.